The first kappa shape index (κ1) is 24.5. The molecule has 1 aliphatic rings. The fraction of sp³-hybridized carbons (Fsp3) is 0.407. The van der Waals surface area contributed by atoms with Crippen molar-refractivity contribution in [1.82, 2.24) is 29.4 Å². The third-order valence-corrected chi connectivity index (χ3v) is 6.69. The van der Waals surface area contributed by atoms with Gasteiger partial charge in [-0.1, -0.05) is 17.7 Å². The summed E-state index contributed by atoms with van der Waals surface area (Å²) in [5.74, 6) is 1.79. The van der Waals surface area contributed by atoms with Crippen molar-refractivity contribution < 1.29 is 9.47 Å². The molecule has 0 bridgehead atoms. The van der Waals surface area contributed by atoms with Crippen LogP contribution in [0, 0.1) is 6.92 Å². The normalized spacial score (nSPS) is 14.4. The first-order valence-corrected chi connectivity index (χ1v) is 12.6. The standard InChI is InChI=1S/C27H31ClN6O2/c1-18-9-12-29-19(15-18)16-34-24(20-7-5-8-21(22(20)28)35-14-6-13-33(3)4)32-23-25(34)30-17-31-26(23)36-27(2)10-11-27/h5,7-9,12,15,17H,6,10-11,13-14,16H2,1-4H3. The highest BCUT2D eigenvalue weighted by molar-refractivity contribution is 6.34. The lowest BCUT2D eigenvalue weighted by Crippen LogP contribution is -2.15. The van der Waals surface area contributed by atoms with Gasteiger partial charge in [-0.05, 0) is 77.0 Å². The van der Waals surface area contributed by atoms with E-state index in [-0.39, 0.29) is 5.60 Å². The zero-order chi connectivity index (χ0) is 25.3. The molecule has 3 heterocycles. The number of rotatable bonds is 10. The molecule has 0 radical (unpaired) electrons. The van der Waals surface area contributed by atoms with Gasteiger partial charge in [-0.15, -0.1) is 0 Å². The number of halogens is 1. The van der Waals surface area contributed by atoms with Gasteiger partial charge in [0.15, 0.2) is 11.2 Å². The van der Waals surface area contributed by atoms with Crippen molar-refractivity contribution in [2.45, 2.75) is 45.3 Å². The molecule has 0 atom stereocenters. The number of aromatic nitrogens is 5. The summed E-state index contributed by atoms with van der Waals surface area (Å²) in [5.41, 5.74) is 3.89. The second kappa shape index (κ2) is 10.0. The molecule has 36 heavy (non-hydrogen) atoms. The zero-order valence-electron chi connectivity index (χ0n) is 21.2. The van der Waals surface area contributed by atoms with Crippen molar-refractivity contribution in [1.29, 1.82) is 0 Å². The Kier molecular flexibility index (Phi) is 6.81. The zero-order valence-corrected chi connectivity index (χ0v) is 21.9. The summed E-state index contributed by atoms with van der Waals surface area (Å²) >= 11 is 6.90. The van der Waals surface area contributed by atoms with Gasteiger partial charge in [0, 0.05) is 18.3 Å². The van der Waals surface area contributed by atoms with E-state index in [9.17, 15) is 0 Å². The van der Waals surface area contributed by atoms with Gasteiger partial charge in [0.2, 0.25) is 5.88 Å². The second-order valence-corrected chi connectivity index (χ2v) is 10.3. The van der Waals surface area contributed by atoms with Crippen LogP contribution < -0.4 is 9.47 Å². The quantitative estimate of drug-likeness (QED) is 0.275. The SMILES string of the molecule is Cc1ccnc(Cn2c(-c3cccc(OCCCN(C)C)c3Cl)nc3c(OC4(C)CC4)ncnc32)c1. The van der Waals surface area contributed by atoms with Crippen molar-refractivity contribution in [2.75, 3.05) is 27.2 Å². The van der Waals surface area contributed by atoms with Crippen LogP contribution in [0.15, 0.2) is 42.9 Å². The molecule has 5 rings (SSSR count). The number of imidazole rings is 1. The summed E-state index contributed by atoms with van der Waals surface area (Å²) in [5, 5.41) is 0.515. The Morgan fingerprint density at radius 1 is 1.14 bits per heavy atom. The summed E-state index contributed by atoms with van der Waals surface area (Å²) < 4.78 is 14.3. The predicted octanol–water partition coefficient (Wildman–Crippen LogP) is 5.16. The molecule has 0 N–H and O–H groups in total. The number of hydrogen-bond acceptors (Lipinski definition) is 7. The molecule has 0 unspecified atom stereocenters. The fourth-order valence-corrected chi connectivity index (χ4v) is 4.33. The third kappa shape index (κ3) is 5.29. The summed E-state index contributed by atoms with van der Waals surface area (Å²) in [6.45, 7) is 6.13. The second-order valence-electron chi connectivity index (χ2n) is 9.87. The molecular formula is C27H31ClN6O2. The van der Waals surface area contributed by atoms with E-state index in [2.05, 4.69) is 39.8 Å². The Bertz CT molecular complexity index is 1380. The van der Waals surface area contributed by atoms with Gasteiger partial charge in [0.05, 0.1) is 23.9 Å². The van der Waals surface area contributed by atoms with Crippen LogP contribution in [0.1, 0.15) is 37.4 Å². The number of pyridine rings is 1. The van der Waals surface area contributed by atoms with Gasteiger partial charge >= 0.3 is 0 Å². The Labute approximate surface area is 216 Å². The maximum Gasteiger partial charge on any atom is 0.245 e. The highest BCUT2D eigenvalue weighted by atomic mass is 35.5. The smallest absolute Gasteiger partial charge is 0.245 e. The number of aryl methyl sites for hydroxylation is 1. The molecule has 0 aliphatic heterocycles. The largest absolute Gasteiger partial charge is 0.492 e. The van der Waals surface area contributed by atoms with E-state index < -0.39 is 0 Å². The van der Waals surface area contributed by atoms with Crippen LogP contribution in [0.5, 0.6) is 11.6 Å². The fourth-order valence-electron chi connectivity index (χ4n) is 4.06. The summed E-state index contributed by atoms with van der Waals surface area (Å²) in [6, 6.07) is 9.82. The molecule has 3 aromatic heterocycles. The first-order chi connectivity index (χ1) is 17.3. The molecular weight excluding hydrogens is 476 g/mol. The molecule has 9 heteroatoms. The van der Waals surface area contributed by atoms with Crippen LogP contribution in [-0.4, -0.2) is 62.3 Å². The Morgan fingerprint density at radius 2 is 1.97 bits per heavy atom. The van der Waals surface area contributed by atoms with E-state index in [4.69, 9.17) is 26.1 Å². The third-order valence-electron chi connectivity index (χ3n) is 6.30. The van der Waals surface area contributed by atoms with E-state index in [1.807, 2.05) is 49.1 Å². The molecule has 4 aromatic rings. The van der Waals surface area contributed by atoms with Gasteiger partial charge in [0.25, 0.3) is 0 Å². The molecule has 8 nitrogen and oxygen atoms in total. The molecule has 1 fully saturated rings. The average molecular weight is 507 g/mol. The Balaban J connectivity index is 1.57. The van der Waals surface area contributed by atoms with Crippen molar-refractivity contribution in [2.24, 2.45) is 0 Å². The van der Waals surface area contributed by atoms with E-state index in [1.165, 1.54) is 6.33 Å². The van der Waals surface area contributed by atoms with Gasteiger partial charge in [0.1, 0.15) is 23.5 Å². The highest BCUT2D eigenvalue weighted by Gasteiger charge is 2.41. The number of fused-ring (bicyclic) bond motifs is 1. The van der Waals surface area contributed by atoms with Crippen LogP contribution in [0.3, 0.4) is 0 Å². The maximum absolute atomic E-state index is 6.90. The summed E-state index contributed by atoms with van der Waals surface area (Å²) in [7, 11) is 4.09. The maximum atomic E-state index is 6.90. The van der Waals surface area contributed by atoms with Crippen LogP contribution >= 0.6 is 11.6 Å². The highest BCUT2D eigenvalue weighted by Crippen LogP contribution is 2.42. The van der Waals surface area contributed by atoms with E-state index in [1.54, 1.807) is 0 Å². The Hall–Kier alpha value is -3.23. The van der Waals surface area contributed by atoms with Crippen molar-refractivity contribution in [3.63, 3.8) is 0 Å². The molecule has 0 spiro atoms. The number of nitrogens with zero attached hydrogens (tertiary/aromatic N) is 6. The van der Waals surface area contributed by atoms with E-state index >= 15 is 0 Å². The molecule has 1 aliphatic carbocycles. The number of hydrogen-bond donors (Lipinski definition) is 0. The van der Waals surface area contributed by atoms with Crippen molar-refractivity contribution in [3.8, 4) is 23.0 Å². The lowest BCUT2D eigenvalue weighted by atomic mass is 10.2. The summed E-state index contributed by atoms with van der Waals surface area (Å²) in [4.78, 5) is 20.7. The molecule has 1 aromatic carbocycles. The lowest BCUT2D eigenvalue weighted by Gasteiger charge is -2.14. The number of ether oxygens (including phenoxy) is 2. The minimum absolute atomic E-state index is 0.193. The van der Waals surface area contributed by atoms with Gasteiger partial charge < -0.3 is 18.9 Å². The lowest BCUT2D eigenvalue weighted by molar-refractivity contribution is 0.194. The Morgan fingerprint density at radius 3 is 2.72 bits per heavy atom. The van der Waals surface area contributed by atoms with Gasteiger partial charge in [-0.25, -0.2) is 9.97 Å². The van der Waals surface area contributed by atoms with Crippen LogP contribution in [0.25, 0.3) is 22.6 Å². The van der Waals surface area contributed by atoms with E-state index in [0.29, 0.717) is 46.8 Å². The summed E-state index contributed by atoms with van der Waals surface area (Å²) in [6.07, 6.45) is 6.24. The minimum Gasteiger partial charge on any atom is -0.492 e. The monoisotopic (exact) mass is 506 g/mol. The molecule has 0 amide bonds. The van der Waals surface area contributed by atoms with E-state index in [0.717, 1.165) is 42.6 Å². The molecule has 188 valence electrons. The van der Waals surface area contributed by atoms with Gasteiger partial charge in [-0.3, -0.25) is 4.98 Å². The molecule has 0 saturated heterocycles. The topological polar surface area (TPSA) is 78.2 Å². The van der Waals surface area contributed by atoms with Gasteiger partial charge in [-0.2, -0.15) is 4.98 Å². The molecule has 1 saturated carbocycles. The first-order valence-electron chi connectivity index (χ1n) is 12.2. The van der Waals surface area contributed by atoms with Crippen LogP contribution in [-0.2, 0) is 6.54 Å². The average Bonchev–Trinajstić information content (AvgIpc) is 3.46. The van der Waals surface area contributed by atoms with Crippen molar-refractivity contribution in [3.05, 3.63) is 59.1 Å². The van der Waals surface area contributed by atoms with Crippen LogP contribution in [0.2, 0.25) is 5.02 Å². The van der Waals surface area contributed by atoms with Crippen LogP contribution in [0.4, 0.5) is 0 Å². The predicted molar refractivity (Wildman–Crippen MR) is 141 cm³/mol. The minimum atomic E-state index is -0.193. The number of benzene rings is 1. The van der Waals surface area contributed by atoms with Crippen molar-refractivity contribution >= 4 is 22.8 Å².